The summed E-state index contributed by atoms with van der Waals surface area (Å²) in [5, 5.41) is 8.39. The molecule has 34 heavy (non-hydrogen) atoms. The van der Waals surface area contributed by atoms with Crippen molar-refractivity contribution in [1.29, 1.82) is 0 Å². The van der Waals surface area contributed by atoms with Gasteiger partial charge in [-0.15, -0.1) is 0 Å². The molecule has 0 fully saturated rings. The summed E-state index contributed by atoms with van der Waals surface area (Å²) < 4.78 is 10.4. The van der Waals surface area contributed by atoms with Crippen molar-refractivity contribution >= 4 is 23.2 Å². The minimum atomic E-state index is -0.359. The Hall–Kier alpha value is -4.46. The van der Waals surface area contributed by atoms with Crippen molar-refractivity contribution in [3.8, 4) is 11.5 Å². The Bertz CT molecular complexity index is 1140. The molecule has 0 aromatic heterocycles. The molecule has 8 nitrogen and oxygen atoms in total. The number of methoxy groups -OCH3 is 2. The average Bonchev–Trinajstić information content (AvgIpc) is 2.89. The lowest BCUT2D eigenvalue weighted by Crippen LogP contribution is -2.20. The van der Waals surface area contributed by atoms with E-state index in [-0.39, 0.29) is 11.8 Å². The number of carbonyl (C=O) groups is 2. The number of rotatable bonds is 8. The first-order chi connectivity index (χ1) is 16.4. The Balaban J connectivity index is 1.65. The summed E-state index contributed by atoms with van der Waals surface area (Å²) in [6.45, 7) is 3.60. The van der Waals surface area contributed by atoms with Crippen LogP contribution in [0.4, 0.5) is 0 Å². The van der Waals surface area contributed by atoms with Gasteiger partial charge in [0.2, 0.25) is 0 Å². The third-order valence-corrected chi connectivity index (χ3v) is 5.07. The molecule has 2 amide bonds. The molecule has 3 aromatic rings. The number of nitrogens with zero attached hydrogens (tertiary/aromatic N) is 2. The predicted octanol–water partition coefficient (Wildman–Crippen LogP) is 4.01. The van der Waals surface area contributed by atoms with Gasteiger partial charge in [0, 0.05) is 0 Å². The molecule has 0 bridgehead atoms. The van der Waals surface area contributed by atoms with Gasteiger partial charge in [-0.1, -0.05) is 48.5 Å². The largest absolute Gasteiger partial charge is 0.496 e. The zero-order valence-electron chi connectivity index (χ0n) is 19.5. The number of carbonyl (C=O) groups excluding carboxylic acids is 2. The monoisotopic (exact) mass is 458 g/mol. The van der Waals surface area contributed by atoms with E-state index in [0.29, 0.717) is 34.0 Å². The molecule has 0 saturated carbocycles. The average molecular weight is 459 g/mol. The first kappa shape index (κ1) is 24.2. The third kappa shape index (κ3) is 5.86. The standard InChI is InChI=1S/C26H26N4O4/c1-17(27-29-25(31)21-9-5-7-11-23(21)33-3)19-13-15-20(16-14-19)18(2)28-30-26(32)22-10-6-8-12-24(22)34-4/h5-16H,1-4H3,(H,29,31)(H,30,32)/b27-17+,28-18+. The summed E-state index contributed by atoms with van der Waals surface area (Å²) in [4.78, 5) is 24.8. The second-order valence-electron chi connectivity index (χ2n) is 7.25. The highest BCUT2D eigenvalue weighted by atomic mass is 16.5. The number of ether oxygens (including phenoxy) is 2. The van der Waals surface area contributed by atoms with E-state index in [1.165, 1.54) is 14.2 Å². The van der Waals surface area contributed by atoms with Crippen molar-refractivity contribution in [3.05, 3.63) is 95.1 Å². The fourth-order valence-electron chi connectivity index (χ4n) is 3.14. The molecule has 0 spiro atoms. The van der Waals surface area contributed by atoms with Crippen LogP contribution in [0.1, 0.15) is 45.7 Å². The smallest absolute Gasteiger partial charge is 0.275 e. The molecule has 3 aromatic carbocycles. The lowest BCUT2D eigenvalue weighted by Gasteiger charge is -2.08. The number of hydrogen-bond acceptors (Lipinski definition) is 6. The van der Waals surface area contributed by atoms with E-state index in [2.05, 4.69) is 21.1 Å². The lowest BCUT2D eigenvalue weighted by atomic mass is 10.1. The molecule has 0 atom stereocenters. The van der Waals surface area contributed by atoms with Crippen LogP contribution < -0.4 is 20.3 Å². The second kappa shape index (κ2) is 11.4. The van der Waals surface area contributed by atoms with Crippen molar-refractivity contribution in [2.24, 2.45) is 10.2 Å². The topological polar surface area (TPSA) is 101 Å². The van der Waals surface area contributed by atoms with Crippen molar-refractivity contribution in [2.75, 3.05) is 14.2 Å². The Morgan fingerprint density at radius 1 is 0.618 bits per heavy atom. The molecular formula is C26H26N4O4. The third-order valence-electron chi connectivity index (χ3n) is 5.07. The maximum Gasteiger partial charge on any atom is 0.275 e. The van der Waals surface area contributed by atoms with Crippen LogP contribution in [0.3, 0.4) is 0 Å². The van der Waals surface area contributed by atoms with Gasteiger partial charge in [0.15, 0.2) is 0 Å². The predicted molar refractivity (Wildman–Crippen MR) is 132 cm³/mol. The Labute approximate surface area is 198 Å². The van der Waals surface area contributed by atoms with Crippen LogP contribution in [0.15, 0.2) is 83.0 Å². The van der Waals surface area contributed by atoms with Crippen molar-refractivity contribution in [3.63, 3.8) is 0 Å². The SMILES string of the molecule is COc1ccccc1C(=O)N/N=C(\C)c1ccc(/C(C)=N/NC(=O)c2ccccc2OC)cc1. The van der Waals surface area contributed by atoms with Crippen LogP contribution in [0.2, 0.25) is 0 Å². The molecule has 0 radical (unpaired) electrons. The molecule has 0 aliphatic rings. The molecule has 0 saturated heterocycles. The highest BCUT2D eigenvalue weighted by Gasteiger charge is 2.12. The number of amides is 2. The highest BCUT2D eigenvalue weighted by Crippen LogP contribution is 2.18. The summed E-state index contributed by atoms with van der Waals surface area (Å²) in [7, 11) is 3.02. The quantitative estimate of drug-likeness (QED) is 0.393. The van der Waals surface area contributed by atoms with Gasteiger partial charge in [0.25, 0.3) is 11.8 Å². The molecule has 174 valence electrons. The van der Waals surface area contributed by atoms with Crippen molar-refractivity contribution in [2.45, 2.75) is 13.8 Å². The van der Waals surface area contributed by atoms with Gasteiger partial charge < -0.3 is 9.47 Å². The number of nitrogens with one attached hydrogen (secondary N) is 2. The lowest BCUT2D eigenvalue weighted by molar-refractivity contribution is 0.0943. The van der Waals surface area contributed by atoms with Crippen LogP contribution in [0.5, 0.6) is 11.5 Å². The molecule has 3 rings (SSSR count). The van der Waals surface area contributed by atoms with Crippen LogP contribution in [0.25, 0.3) is 0 Å². The van der Waals surface area contributed by atoms with E-state index in [1.54, 1.807) is 62.4 Å². The summed E-state index contributed by atoms with van der Waals surface area (Å²) >= 11 is 0. The normalized spacial score (nSPS) is 11.5. The van der Waals surface area contributed by atoms with Crippen LogP contribution in [-0.2, 0) is 0 Å². The number of hydrazone groups is 2. The first-order valence-corrected chi connectivity index (χ1v) is 10.5. The molecule has 0 aliphatic heterocycles. The first-order valence-electron chi connectivity index (χ1n) is 10.5. The zero-order chi connectivity index (χ0) is 24.5. The molecule has 0 unspecified atom stereocenters. The second-order valence-corrected chi connectivity index (χ2v) is 7.25. The highest BCUT2D eigenvalue weighted by molar-refractivity contribution is 6.04. The molecule has 2 N–H and O–H groups in total. The minimum Gasteiger partial charge on any atom is -0.496 e. The van der Waals surface area contributed by atoms with E-state index >= 15 is 0 Å². The van der Waals surface area contributed by atoms with Gasteiger partial charge in [-0.05, 0) is 49.2 Å². The van der Waals surface area contributed by atoms with Gasteiger partial charge >= 0.3 is 0 Å². The Morgan fingerprint density at radius 3 is 1.32 bits per heavy atom. The van der Waals surface area contributed by atoms with E-state index in [1.807, 2.05) is 24.3 Å². The summed E-state index contributed by atoms with van der Waals surface area (Å²) in [5.74, 6) is 0.235. The number of hydrogen-bond donors (Lipinski definition) is 2. The summed E-state index contributed by atoms with van der Waals surface area (Å²) in [5.41, 5.74) is 8.84. The van der Waals surface area contributed by atoms with E-state index in [4.69, 9.17) is 9.47 Å². The Kier molecular flexibility index (Phi) is 8.12. The van der Waals surface area contributed by atoms with Crippen LogP contribution in [0, 0.1) is 0 Å². The van der Waals surface area contributed by atoms with Gasteiger partial charge in [0.1, 0.15) is 11.5 Å². The van der Waals surface area contributed by atoms with Gasteiger partial charge in [-0.3, -0.25) is 9.59 Å². The van der Waals surface area contributed by atoms with Gasteiger partial charge in [-0.25, -0.2) is 10.9 Å². The molecule has 0 aliphatic carbocycles. The van der Waals surface area contributed by atoms with E-state index in [9.17, 15) is 9.59 Å². The van der Waals surface area contributed by atoms with E-state index in [0.717, 1.165) is 11.1 Å². The van der Waals surface area contributed by atoms with Gasteiger partial charge in [-0.2, -0.15) is 10.2 Å². The van der Waals surface area contributed by atoms with Crippen LogP contribution in [-0.4, -0.2) is 37.5 Å². The zero-order valence-corrected chi connectivity index (χ0v) is 19.5. The number of benzene rings is 3. The maximum absolute atomic E-state index is 12.4. The van der Waals surface area contributed by atoms with Gasteiger partial charge in [0.05, 0.1) is 36.8 Å². The van der Waals surface area contributed by atoms with E-state index < -0.39 is 0 Å². The minimum absolute atomic E-state index is 0.359. The van der Waals surface area contributed by atoms with Crippen LogP contribution >= 0.6 is 0 Å². The molecular weight excluding hydrogens is 432 g/mol. The molecule has 0 heterocycles. The number of para-hydroxylation sites is 2. The Morgan fingerprint density at radius 2 is 0.971 bits per heavy atom. The fourth-order valence-corrected chi connectivity index (χ4v) is 3.14. The van der Waals surface area contributed by atoms with Crippen molar-refractivity contribution < 1.29 is 19.1 Å². The van der Waals surface area contributed by atoms with Crippen molar-refractivity contribution in [1.82, 2.24) is 10.9 Å². The maximum atomic E-state index is 12.4. The summed E-state index contributed by atoms with van der Waals surface area (Å²) in [6.07, 6.45) is 0. The fraction of sp³-hybridized carbons (Fsp3) is 0.154. The summed E-state index contributed by atoms with van der Waals surface area (Å²) in [6, 6.07) is 21.3. The molecule has 8 heteroatoms.